The molecule has 1 atom stereocenters. The van der Waals surface area contributed by atoms with Gasteiger partial charge in [0, 0.05) is 18.1 Å². The smallest absolute Gasteiger partial charge is 0.241 e. The van der Waals surface area contributed by atoms with E-state index in [-0.39, 0.29) is 11.3 Å². The number of nitrogens with zero attached hydrogens (tertiary/aromatic N) is 1. The molecule has 0 saturated heterocycles. The second-order valence-electron chi connectivity index (χ2n) is 5.02. The van der Waals surface area contributed by atoms with E-state index in [1.807, 2.05) is 27.7 Å². The molecule has 0 spiro atoms. The third kappa shape index (κ3) is 3.03. The number of aryl methyl sites for hydroxylation is 1. The summed E-state index contributed by atoms with van der Waals surface area (Å²) in [5.74, 6) is -0.165. The normalized spacial score (nSPS) is 13.3. The molecule has 1 aromatic rings. The van der Waals surface area contributed by atoms with E-state index in [0.717, 1.165) is 11.3 Å². The number of pyridine rings is 1. The van der Waals surface area contributed by atoms with Crippen molar-refractivity contribution in [2.24, 2.45) is 11.1 Å². The van der Waals surface area contributed by atoms with Crippen molar-refractivity contribution in [1.29, 1.82) is 0 Å². The Bertz CT molecular complexity index is 382. The first kappa shape index (κ1) is 12.6. The number of aromatic nitrogens is 1. The second-order valence-corrected chi connectivity index (χ2v) is 5.02. The Balaban J connectivity index is 2.76. The molecule has 0 fully saturated rings. The molecular weight excluding hydrogens is 202 g/mol. The van der Waals surface area contributed by atoms with Crippen LogP contribution in [-0.4, -0.2) is 16.9 Å². The summed E-state index contributed by atoms with van der Waals surface area (Å²) in [7, 11) is 0. The zero-order valence-corrected chi connectivity index (χ0v) is 10.2. The lowest BCUT2D eigenvalue weighted by molar-refractivity contribution is -0.119. The molecule has 0 aliphatic rings. The van der Waals surface area contributed by atoms with Crippen molar-refractivity contribution in [2.75, 3.05) is 5.32 Å². The molecule has 1 heterocycles. The fourth-order valence-electron chi connectivity index (χ4n) is 1.22. The van der Waals surface area contributed by atoms with Crippen molar-refractivity contribution >= 4 is 11.6 Å². The minimum absolute atomic E-state index is 0.165. The summed E-state index contributed by atoms with van der Waals surface area (Å²) in [5.41, 5.74) is 7.31. The number of hydrogen-bond donors (Lipinski definition) is 2. The van der Waals surface area contributed by atoms with Crippen LogP contribution in [0.1, 0.15) is 26.3 Å². The number of carbonyl (C=O) groups is 1. The first-order valence-corrected chi connectivity index (χ1v) is 5.29. The van der Waals surface area contributed by atoms with Gasteiger partial charge in [0.05, 0.1) is 6.04 Å². The number of rotatable bonds is 2. The number of nitrogens with one attached hydrogen (secondary N) is 1. The maximum Gasteiger partial charge on any atom is 0.241 e. The molecule has 1 amide bonds. The van der Waals surface area contributed by atoms with E-state index in [9.17, 15) is 4.79 Å². The predicted octanol–water partition coefficient (Wildman–Crippen LogP) is 1.70. The highest BCUT2D eigenvalue weighted by Crippen LogP contribution is 2.19. The average molecular weight is 221 g/mol. The van der Waals surface area contributed by atoms with Crippen LogP contribution >= 0.6 is 0 Å². The van der Waals surface area contributed by atoms with Gasteiger partial charge in [-0.15, -0.1) is 0 Å². The lowest BCUT2D eigenvalue weighted by atomic mass is 9.87. The van der Waals surface area contributed by atoms with Crippen molar-refractivity contribution in [3.05, 3.63) is 24.0 Å². The SMILES string of the molecule is Cc1cnccc1NC(=O)[C@@H](N)C(C)(C)C. The van der Waals surface area contributed by atoms with Gasteiger partial charge in [0.25, 0.3) is 0 Å². The van der Waals surface area contributed by atoms with E-state index in [0.29, 0.717) is 0 Å². The predicted molar refractivity (Wildman–Crippen MR) is 65.0 cm³/mol. The van der Waals surface area contributed by atoms with Crippen LogP contribution in [-0.2, 0) is 4.79 Å². The molecule has 0 unspecified atom stereocenters. The Morgan fingerprint density at radius 2 is 2.12 bits per heavy atom. The topological polar surface area (TPSA) is 68.0 Å². The van der Waals surface area contributed by atoms with Gasteiger partial charge in [-0.25, -0.2) is 0 Å². The highest BCUT2D eigenvalue weighted by molar-refractivity contribution is 5.95. The molecule has 4 nitrogen and oxygen atoms in total. The minimum Gasteiger partial charge on any atom is -0.324 e. The van der Waals surface area contributed by atoms with E-state index in [1.165, 1.54) is 0 Å². The van der Waals surface area contributed by atoms with Gasteiger partial charge in [-0.3, -0.25) is 9.78 Å². The van der Waals surface area contributed by atoms with Gasteiger partial charge < -0.3 is 11.1 Å². The van der Waals surface area contributed by atoms with E-state index in [2.05, 4.69) is 10.3 Å². The lowest BCUT2D eigenvalue weighted by Crippen LogP contribution is -2.45. The summed E-state index contributed by atoms with van der Waals surface area (Å²) in [6, 6.07) is 1.24. The van der Waals surface area contributed by atoms with Gasteiger partial charge in [-0.05, 0) is 24.0 Å². The molecule has 88 valence electrons. The third-order valence-corrected chi connectivity index (χ3v) is 2.49. The molecule has 0 aliphatic heterocycles. The van der Waals surface area contributed by atoms with Crippen LogP contribution in [0.5, 0.6) is 0 Å². The summed E-state index contributed by atoms with van der Waals surface area (Å²) in [6.45, 7) is 7.72. The van der Waals surface area contributed by atoms with Crippen LogP contribution in [0.3, 0.4) is 0 Å². The molecule has 0 aromatic carbocycles. The van der Waals surface area contributed by atoms with Crippen LogP contribution in [0, 0.1) is 12.3 Å². The molecule has 4 heteroatoms. The Labute approximate surface area is 96.3 Å². The molecular formula is C12H19N3O. The number of hydrogen-bond acceptors (Lipinski definition) is 3. The van der Waals surface area contributed by atoms with Crippen LogP contribution in [0.15, 0.2) is 18.5 Å². The van der Waals surface area contributed by atoms with Crippen molar-refractivity contribution in [3.63, 3.8) is 0 Å². The maximum absolute atomic E-state index is 11.9. The van der Waals surface area contributed by atoms with E-state index < -0.39 is 6.04 Å². The Morgan fingerprint density at radius 3 is 2.62 bits per heavy atom. The van der Waals surface area contributed by atoms with E-state index in [4.69, 9.17) is 5.73 Å². The molecule has 0 saturated carbocycles. The van der Waals surface area contributed by atoms with Crippen molar-refractivity contribution in [2.45, 2.75) is 33.7 Å². The number of carbonyl (C=O) groups excluding carboxylic acids is 1. The largest absolute Gasteiger partial charge is 0.324 e. The Hall–Kier alpha value is -1.42. The number of anilines is 1. The molecule has 3 N–H and O–H groups in total. The van der Waals surface area contributed by atoms with Gasteiger partial charge in [0.2, 0.25) is 5.91 Å². The minimum atomic E-state index is -0.528. The van der Waals surface area contributed by atoms with E-state index in [1.54, 1.807) is 18.5 Å². The summed E-state index contributed by atoms with van der Waals surface area (Å²) >= 11 is 0. The number of amides is 1. The number of nitrogens with two attached hydrogens (primary N) is 1. The first-order valence-electron chi connectivity index (χ1n) is 5.29. The summed E-state index contributed by atoms with van der Waals surface area (Å²) < 4.78 is 0. The van der Waals surface area contributed by atoms with Gasteiger partial charge >= 0.3 is 0 Å². The highest BCUT2D eigenvalue weighted by atomic mass is 16.2. The van der Waals surface area contributed by atoms with Crippen molar-refractivity contribution in [3.8, 4) is 0 Å². The summed E-state index contributed by atoms with van der Waals surface area (Å²) in [5, 5.41) is 2.81. The van der Waals surface area contributed by atoms with Crippen molar-refractivity contribution < 1.29 is 4.79 Å². The third-order valence-electron chi connectivity index (χ3n) is 2.49. The Kier molecular flexibility index (Phi) is 3.65. The molecule has 0 radical (unpaired) electrons. The van der Waals surface area contributed by atoms with Gasteiger partial charge in [0.15, 0.2) is 0 Å². The molecule has 16 heavy (non-hydrogen) atoms. The summed E-state index contributed by atoms with van der Waals surface area (Å²) in [6.07, 6.45) is 3.35. The molecule has 1 aromatic heterocycles. The monoisotopic (exact) mass is 221 g/mol. The lowest BCUT2D eigenvalue weighted by Gasteiger charge is -2.26. The Morgan fingerprint density at radius 1 is 1.50 bits per heavy atom. The quantitative estimate of drug-likeness (QED) is 0.798. The summed E-state index contributed by atoms with van der Waals surface area (Å²) in [4.78, 5) is 15.8. The van der Waals surface area contributed by atoms with Gasteiger partial charge in [0.1, 0.15) is 0 Å². The zero-order chi connectivity index (χ0) is 12.3. The van der Waals surface area contributed by atoms with Crippen LogP contribution in [0.2, 0.25) is 0 Å². The van der Waals surface area contributed by atoms with Crippen LogP contribution in [0.25, 0.3) is 0 Å². The fraction of sp³-hybridized carbons (Fsp3) is 0.500. The first-order chi connectivity index (χ1) is 7.32. The second kappa shape index (κ2) is 4.61. The maximum atomic E-state index is 11.9. The van der Waals surface area contributed by atoms with Gasteiger partial charge in [-0.1, -0.05) is 20.8 Å². The molecule has 1 rings (SSSR count). The molecule has 0 aliphatic carbocycles. The van der Waals surface area contributed by atoms with Crippen molar-refractivity contribution in [1.82, 2.24) is 4.98 Å². The zero-order valence-electron chi connectivity index (χ0n) is 10.2. The van der Waals surface area contributed by atoms with Crippen LogP contribution in [0.4, 0.5) is 5.69 Å². The fourth-order valence-corrected chi connectivity index (χ4v) is 1.22. The van der Waals surface area contributed by atoms with E-state index >= 15 is 0 Å². The van der Waals surface area contributed by atoms with Crippen LogP contribution < -0.4 is 11.1 Å². The average Bonchev–Trinajstić information content (AvgIpc) is 2.19. The highest BCUT2D eigenvalue weighted by Gasteiger charge is 2.27. The van der Waals surface area contributed by atoms with Gasteiger partial charge in [-0.2, -0.15) is 0 Å². The standard InChI is InChI=1S/C12H19N3O/c1-8-7-14-6-5-9(8)15-11(16)10(13)12(2,3)4/h5-7,10H,13H2,1-4H3,(H,14,15,16)/t10-/m1/s1. The molecule has 0 bridgehead atoms.